The van der Waals surface area contributed by atoms with Crippen LogP contribution in [0.15, 0.2) is 12.7 Å². The maximum Gasteiger partial charge on any atom is 0.330 e. The van der Waals surface area contributed by atoms with E-state index < -0.39 is 5.97 Å². The van der Waals surface area contributed by atoms with E-state index in [1.807, 2.05) is 0 Å². The zero-order chi connectivity index (χ0) is 20.0. The van der Waals surface area contributed by atoms with Crippen molar-refractivity contribution in [2.45, 2.75) is 71.1 Å². The normalized spacial score (nSPS) is 10.6. The smallest absolute Gasteiger partial charge is 0.330 e. The lowest BCUT2D eigenvalue weighted by Crippen LogP contribution is -2.14. The van der Waals surface area contributed by atoms with Gasteiger partial charge in [0.25, 0.3) is 0 Å². The van der Waals surface area contributed by atoms with Gasteiger partial charge in [0, 0.05) is 12.5 Å². The lowest BCUT2D eigenvalue weighted by Gasteiger charge is -2.07. The van der Waals surface area contributed by atoms with E-state index in [1.165, 1.54) is 44.9 Å². The molecule has 0 amide bonds. The molecule has 0 aliphatic carbocycles. The van der Waals surface area contributed by atoms with Crippen LogP contribution < -0.4 is 0 Å². The second-order valence-corrected chi connectivity index (χ2v) is 6.40. The number of ether oxygens (including phenoxy) is 4. The Balaban J connectivity index is 3.19. The quantitative estimate of drug-likeness (QED) is 0.177. The Hall–Kier alpha value is -1.40. The molecule has 0 atom stereocenters. The van der Waals surface area contributed by atoms with Gasteiger partial charge in [0.2, 0.25) is 0 Å². The molecule has 0 unspecified atom stereocenters. The topological polar surface area (TPSA) is 71.1 Å². The summed E-state index contributed by atoms with van der Waals surface area (Å²) in [7, 11) is 0. The van der Waals surface area contributed by atoms with Gasteiger partial charge < -0.3 is 18.9 Å². The second-order valence-electron chi connectivity index (χ2n) is 6.40. The lowest BCUT2D eigenvalue weighted by molar-refractivity contribution is -0.145. The first kappa shape index (κ1) is 25.6. The van der Waals surface area contributed by atoms with Crippen LogP contribution in [0, 0.1) is 0 Å². The van der Waals surface area contributed by atoms with Gasteiger partial charge in [-0.3, -0.25) is 4.79 Å². The Morgan fingerprint density at radius 3 is 1.74 bits per heavy atom. The molecule has 0 rings (SSSR count). The van der Waals surface area contributed by atoms with Crippen LogP contribution in [-0.2, 0) is 28.5 Å². The van der Waals surface area contributed by atoms with Crippen LogP contribution in [0.2, 0.25) is 0 Å². The second kappa shape index (κ2) is 20.9. The van der Waals surface area contributed by atoms with Crippen LogP contribution in [0.1, 0.15) is 71.1 Å². The first-order chi connectivity index (χ1) is 13.2. The summed E-state index contributed by atoms with van der Waals surface area (Å²) in [6, 6.07) is 0. The summed E-state index contributed by atoms with van der Waals surface area (Å²) in [5.41, 5.74) is 0. The third kappa shape index (κ3) is 20.8. The molecule has 0 N–H and O–H groups in total. The number of rotatable bonds is 20. The maximum absolute atomic E-state index is 11.6. The van der Waals surface area contributed by atoms with Gasteiger partial charge in [0.1, 0.15) is 13.2 Å². The zero-order valence-electron chi connectivity index (χ0n) is 17.0. The first-order valence-corrected chi connectivity index (χ1v) is 10.3. The molecule has 0 fully saturated rings. The van der Waals surface area contributed by atoms with Crippen molar-refractivity contribution in [1.82, 2.24) is 0 Å². The molecule has 0 saturated heterocycles. The standard InChI is InChI=1S/C21H38O6/c1-3-5-6-7-8-9-10-11-12-13-21(23)27-19-17-25-15-14-24-16-18-26-20(22)4-2/h4H,2-3,5-19H2,1H3. The van der Waals surface area contributed by atoms with Crippen molar-refractivity contribution >= 4 is 11.9 Å². The molecule has 0 heterocycles. The SMILES string of the molecule is C=CC(=O)OCCOCCOCCOC(=O)CCCCCCCCCCC. The number of carbonyl (C=O) groups excluding carboxylic acids is 2. The van der Waals surface area contributed by atoms with E-state index in [9.17, 15) is 9.59 Å². The van der Waals surface area contributed by atoms with E-state index in [4.69, 9.17) is 18.9 Å². The lowest BCUT2D eigenvalue weighted by atomic mass is 10.1. The number of carbonyl (C=O) groups is 2. The Morgan fingerprint density at radius 2 is 1.19 bits per heavy atom. The highest BCUT2D eigenvalue weighted by molar-refractivity contribution is 5.81. The van der Waals surface area contributed by atoms with Gasteiger partial charge in [-0.15, -0.1) is 0 Å². The van der Waals surface area contributed by atoms with Crippen molar-refractivity contribution in [3.05, 3.63) is 12.7 Å². The predicted octanol–water partition coefficient (Wildman–Crippen LogP) is 4.21. The Bertz CT molecular complexity index is 370. The monoisotopic (exact) mass is 386 g/mol. The molecule has 0 aliphatic heterocycles. The fraction of sp³-hybridized carbons (Fsp3) is 0.810. The number of hydrogen-bond donors (Lipinski definition) is 0. The van der Waals surface area contributed by atoms with Gasteiger partial charge >= 0.3 is 11.9 Å². The third-order valence-electron chi connectivity index (χ3n) is 3.99. The first-order valence-electron chi connectivity index (χ1n) is 10.3. The predicted molar refractivity (Wildman–Crippen MR) is 106 cm³/mol. The average molecular weight is 387 g/mol. The van der Waals surface area contributed by atoms with Crippen LogP contribution >= 0.6 is 0 Å². The molecule has 0 bridgehead atoms. The fourth-order valence-corrected chi connectivity index (χ4v) is 2.45. The van der Waals surface area contributed by atoms with E-state index >= 15 is 0 Å². The Morgan fingerprint density at radius 1 is 0.704 bits per heavy atom. The minimum absolute atomic E-state index is 0.151. The largest absolute Gasteiger partial charge is 0.463 e. The molecule has 6 nitrogen and oxygen atoms in total. The minimum Gasteiger partial charge on any atom is -0.463 e. The molecule has 0 spiro atoms. The van der Waals surface area contributed by atoms with E-state index in [0.717, 1.165) is 18.9 Å². The summed E-state index contributed by atoms with van der Waals surface area (Å²) >= 11 is 0. The third-order valence-corrected chi connectivity index (χ3v) is 3.99. The van der Waals surface area contributed by atoms with Crippen molar-refractivity contribution in [2.24, 2.45) is 0 Å². The molecule has 0 saturated carbocycles. The molecule has 27 heavy (non-hydrogen) atoms. The zero-order valence-corrected chi connectivity index (χ0v) is 17.0. The van der Waals surface area contributed by atoms with Crippen LogP contribution in [-0.4, -0.2) is 51.6 Å². The fourth-order valence-electron chi connectivity index (χ4n) is 2.45. The molecular formula is C21H38O6. The highest BCUT2D eigenvalue weighted by atomic mass is 16.6. The van der Waals surface area contributed by atoms with Gasteiger partial charge in [-0.1, -0.05) is 64.9 Å². The van der Waals surface area contributed by atoms with Crippen molar-refractivity contribution in [1.29, 1.82) is 0 Å². The molecule has 6 heteroatoms. The number of unbranched alkanes of at least 4 members (excludes halogenated alkanes) is 8. The maximum atomic E-state index is 11.6. The summed E-state index contributed by atoms with van der Waals surface area (Å²) in [5, 5.41) is 0. The van der Waals surface area contributed by atoms with Gasteiger partial charge in [0.05, 0.1) is 26.4 Å². The molecule has 0 aromatic rings. The summed E-state index contributed by atoms with van der Waals surface area (Å²) < 4.78 is 20.4. The molecule has 0 aromatic carbocycles. The van der Waals surface area contributed by atoms with Gasteiger partial charge in [-0.25, -0.2) is 4.79 Å². The van der Waals surface area contributed by atoms with Crippen molar-refractivity contribution in [3.63, 3.8) is 0 Å². The summed E-state index contributed by atoms with van der Waals surface area (Å²) in [6.07, 6.45) is 12.7. The van der Waals surface area contributed by atoms with E-state index in [-0.39, 0.29) is 19.2 Å². The molecule has 158 valence electrons. The molecular weight excluding hydrogens is 348 g/mol. The minimum atomic E-state index is -0.459. The van der Waals surface area contributed by atoms with E-state index in [2.05, 4.69) is 13.5 Å². The van der Waals surface area contributed by atoms with Crippen LogP contribution in [0.25, 0.3) is 0 Å². The van der Waals surface area contributed by atoms with Crippen molar-refractivity contribution < 1.29 is 28.5 Å². The average Bonchev–Trinajstić information content (AvgIpc) is 2.67. The highest BCUT2D eigenvalue weighted by Gasteiger charge is 2.02. The van der Waals surface area contributed by atoms with Gasteiger partial charge in [-0.05, 0) is 6.42 Å². The van der Waals surface area contributed by atoms with Crippen molar-refractivity contribution in [3.8, 4) is 0 Å². The van der Waals surface area contributed by atoms with Crippen LogP contribution in [0.4, 0.5) is 0 Å². The molecule has 0 aliphatic rings. The number of esters is 2. The summed E-state index contributed by atoms with van der Waals surface area (Å²) in [5.74, 6) is -0.610. The number of hydrogen-bond acceptors (Lipinski definition) is 6. The van der Waals surface area contributed by atoms with Crippen molar-refractivity contribution in [2.75, 3.05) is 39.6 Å². The van der Waals surface area contributed by atoms with Crippen LogP contribution in [0.3, 0.4) is 0 Å². The van der Waals surface area contributed by atoms with Crippen LogP contribution in [0.5, 0.6) is 0 Å². The summed E-state index contributed by atoms with van der Waals surface area (Å²) in [6.45, 7) is 7.48. The van der Waals surface area contributed by atoms with Gasteiger partial charge in [0.15, 0.2) is 0 Å². The highest BCUT2D eigenvalue weighted by Crippen LogP contribution is 2.10. The summed E-state index contributed by atoms with van der Waals surface area (Å²) in [4.78, 5) is 22.4. The van der Waals surface area contributed by atoms with E-state index in [0.29, 0.717) is 32.8 Å². The Kier molecular flexibility index (Phi) is 19.8. The van der Waals surface area contributed by atoms with Gasteiger partial charge in [-0.2, -0.15) is 0 Å². The Labute approximate surface area is 164 Å². The van der Waals surface area contributed by atoms with E-state index in [1.54, 1.807) is 0 Å². The molecule has 0 aromatic heterocycles. The molecule has 0 radical (unpaired) electrons.